The minimum Gasteiger partial charge on any atom is -0.464 e. The molecule has 12 nitrogen and oxygen atoms in total. The molecule has 0 radical (unpaired) electrons. The highest BCUT2D eigenvalue weighted by molar-refractivity contribution is 9.10. The van der Waals surface area contributed by atoms with Crippen LogP contribution < -0.4 is 20.9 Å². The van der Waals surface area contributed by atoms with Gasteiger partial charge in [0.25, 0.3) is 5.56 Å². The largest absolute Gasteiger partial charge is 0.464 e. The van der Waals surface area contributed by atoms with Gasteiger partial charge in [-0.15, -0.1) is 0 Å². The van der Waals surface area contributed by atoms with Gasteiger partial charge in [0.15, 0.2) is 10.0 Å². The van der Waals surface area contributed by atoms with E-state index in [-0.39, 0.29) is 18.3 Å². The van der Waals surface area contributed by atoms with E-state index in [4.69, 9.17) is 30.1 Å². The number of aromatic amines is 1. The van der Waals surface area contributed by atoms with Crippen LogP contribution in [0.4, 0.5) is 0 Å². The van der Waals surface area contributed by atoms with Crippen LogP contribution in [0.5, 0.6) is 5.75 Å². The first kappa shape index (κ1) is 29.6. The number of aliphatic hydroxyl groups is 1. The summed E-state index contributed by atoms with van der Waals surface area (Å²) in [5.41, 5.74) is -1.42. The number of hydrogen-bond acceptors (Lipinski definition) is 9. The van der Waals surface area contributed by atoms with Crippen LogP contribution in [0.2, 0.25) is 0 Å². The van der Waals surface area contributed by atoms with Crippen molar-refractivity contribution >= 4 is 41.2 Å². The lowest BCUT2D eigenvalue weighted by Crippen LogP contribution is -2.41. The van der Waals surface area contributed by atoms with Gasteiger partial charge in [-0.05, 0) is 19.1 Å². The number of para-hydroxylation sites is 1. The van der Waals surface area contributed by atoms with Gasteiger partial charge in [0.1, 0.15) is 24.6 Å². The summed E-state index contributed by atoms with van der Waals surface area (Å²) in [6.07, 6.45) is -2.68. The highest BCUT2D eigenvalue weighted by atomic mass is 79.9. The lowest BCUT2D eigenvalue weighted by Gasteiger charge is -2.25. The van der Waals surface area contributed by atoms with Gasteiger partial charge in [-0.2, -0.15) is 0 Å². The van der Waals surface area contributed by atoms with Crippen LogP contribution in [0.3, 0.4) is 0 Å². The van der Waals surface area contributed by atoms with Gasteiger partial charge in [0.2, 0.25) is 0 Å². The fraction of sp³-hybridized carbons (Fsp3) is 0.500. The number of esters is 1. The molecule has 37 heavy (non-hydrogen) atoms. The number of ether oxygens (including phenoxy) is 2. The third kappa shape index (κ3) is 7.53. The molecule has 15 heteroatoms. The van der Waals surface area contributed by atoms with Crippen molar-refractivity contribution in [2.45, 2.75) is 49.0 Å². The summed E-state index contributed by atoms with van der Waals surface area (Å²) in [5, 5.41) is 13.5. The Morgan fingerprint density at radius 1 is 1.30 bits per heavy atom. The van der Waals surface area contributed by atoms with Crippen molar-refractivity contribution in [1.29, 1.82) is 0 Å². The Morgan fingerprint density at radius 2 is 1.97 bits per heavy atom. The van der Waals surface area contributed by atoms with Crippen LogP contribution >= 0.6 is 35.3 Å². The summed E-state index contributed by atoms with van der Waals surface area (Å²) >= 11 is 9.64. The number of alkyl halides is 2. The molecule has 0 spiro atoms. The Hall–Kier alpha value is -1.99. The topological polar surface area (TPSA) is 158 Å². The van der Waals surface area contributed by atoms with Crippen molar-refractivity contribution in [3.63, 3.8) is 0 Å². The maximum absolute atomic E-state index is 13.7. The molecule has 1 aliphatic heterocycles. The lowest BCUT2D eigenvalue weighted by molar-refractivity contribution is -0.147. The molecule has 1 fully saturated rings. The second-order valence-corrected chi connectivity index (χ2v) is 12.8. The van der Waals surface area contributed by atoms with Gasteiger partial charge in [0, 0.05) is 18.3 Å². The summed E-state index contributed by atoms with van der Waals surface area (Å²) in [6, 6.07) is 8.71. The van der Waals surface area contributed by atoms with Gasteiger partial charge in [0.05, 0.1) is 12.5 Å². The Balaban J connectivity index is 1.75. The van der Waals surface area contributed by atoms with E-state index in [1.807, 2.05) is 0 Å². The number of carbonyl (C=O) groups is 1. The normalized spacial score (nSPS) is 26.0. The van der Waals surface area contributed by atoms with E-state index < -0.39 is 59.8 Å². The van der Waals surface area contributed by atoms with Gasteiger partial charge in [-0.3, -0.25) is 23.7 Å². The van der Waals surface area contributed by atoms with Gasteiger partial charge >= 0.3 is 19.4 Å². The molecule has 0 bridgehead atoms. The van der Waals surface area contributed by atoms with E-state index in [1.165, 1.54) is 6.20 Å². The van der Waals surface area contributed by atoms with Crippen molar-refractivity contribution in [3.8, 4) is 5.75 Å². The first-order valence-corrected chi connectivity index (χ1v) is 14.0. The van der Waals surface area contributed by atoms with Crippen LogP contribution in [0, 0.1) is 5.92 Å². The highest BCUT2D eigenvalue weighted by Gasteiger charge is 2.55. The van der Waals surface area contributed by atoms with E-state index in [9.17, 15) is 24.1 Å². The number of nitrogens with zero attached hydrogens (tertiary/aromatic N) is 1. The van der Waals surface area contributed by atoms with E-state index in [1.54, 1.807) is 51.1 Å². The zero-order valence-corrected chi connectivity index (χ0v) is 23.4. The molecule has 2 heterocycles. The highest BCUT2D eigenvalue weighted by Crippen LogP contribution is 2.50. The Morgan fingerprint density at radius 3 is 2.59 bits per heavy atom. The summed E-state index contributed by atoms with van der Waals surface area (Å²) < 4.78 is 35.2. The quantitative estimate of drug-likeness (QED) is 0.193. The predicted molar refractivity (Wildman–Crippen MR) is 138 cm³/mol. The lowest BCUT2D eigenvalue weighted by atomic mass is 10.2. The van der Waals surface area contributed by atoms with Crippen LogP contribution in [0.15, 0.2) is 52.2 Å². The van der Waals surface area contributed by atoms with Crippen LogP contribution in [-0.4, -0.2) is 55.9 Å². The van der Waals surface area contributed by atoms with Crippen LogP contribution in [-0.2, 0) is 23.4 Å². The smallest absolute Gasteiger partial charge is 0.459 e. The fourth-order valence-electron chi connectivity index (χ4n) is 3.28. The third-order valence-electron chi connectivity index (χ3n) is 5.19. The third-order valence-corrected chi connectivity index (χ3v) is 8.15. The number of rotatable bonds is 11. The number of H-pyrrole nitrogens is 1. The van der Waals surface area contributed by atoms with Crippen molar-refractivity contribution in [3.05, 3.63) is 63.4 Å². The average molecular weight is 625 g/mol. The zero-order valence-electron chi connectivity index (χ0n) is 20.2. The van der Waals surface area contributed by atoms with E-state index in [0.29, 0.717) is 0 Å². The number of aromatic nitrogens is 2. The maximum atomic E-state index is 13.7. The van der Waals surface area contributed by atoms with E-state index in [0.717, 1.165) is 10.6 Å². The number of hydrogen-bond donors (Lipinski definition) is 3. The standard InChI is InChI=1S/C22H28BrClN3O9P/c1-13(2)19(30)33-11-14(3)26-37(32,36-15-7-5-4-6-8-15)34-12-16-18(29)22(23,24)20(35-16)27-10-9-17(28)25-21(27)31/h4-10,13-14,16,18,20,29H,11-12H2,1-3H3,(H,26,32)(H,25,28,31)/t14-,16+,18+,20+,22-,37-/m0/s1. The van der Waals surface area contributed by atoms with Crippen LogP contribution in [0.25, 0.3) is 0 Å². The molecular weight excluding hydrogens is 597 g/mol. The molecule has 204 valence electrons. The Kier molecular flexibility index (Phi) is 9.79. The molecule has 1 saturated heterocycles. The summed E-state index contributed by atoms with van der Waals surface area (Å²) in [7, 11) is -4.12. The second kappa shape index (κ2) is 12.2. The molecule has 0 aliphatic carbocycles. The average Bonchev–Trinajstić information content (AvgIpc) is 3.05. The minimum atomic E-state index is -4.12. The van der Waals surface area contributed by atoms with Crippen molar-refractivity contribution in [1.82, 2.24) is 14.6 Å². The molecule has 1 aliphatic rings. The zero-order chi connectivity index (χ0) is 27.4. The molecule has 1 aromatic carbocycles. The molecule has 6 atom stereocenters. The number of benzene rings is 1. The van der Waals surface area contributed by atoms with Crippen LogP contribution in [0.1, 0.15) is 27.0 Å². The predicted octanol–water partition coefficient (Wildman–Crippen LogP) is 2.51. The van der Waals surface area contributed by atoms with Crippen molar-refractivity contribution in [2.75, 3.05) is 13.2 Å². The van der Waals surface area contributed by atoms with Gasteiger partial charge < -0.3 is 19.1 Å². The number of carbonyl (C=O) groups excluding carboxylic acids is 1. The van der Waals surface area contributed by atoms with Gasteiger partial charge in [-0.25, -0.2) is 14.4 Å². The molecule has 0 saturated carbocycles. The number of aliphatic hydroxyl groups excluding tert-OH is 1. The molecule has 0 unspecified atom stereocenters. The molecular formula is C22H28BrClN3O9P. The van der Waals surface area contributed by atoms with Gasteiger partial charge in [-0.1, -0.05) is 59.6 Å². The molecule has 0 amide bonds. The molecule has 1 aromatic heterocycles. The summed E-state index contributed by atoms with van der Waals surface area (Å²) in [4.78, 5) is 37.5. The van der Waals surface area contributed by atoms with E-state index in [2.05, 4.69) is 26.0 Å². The number of nitrogens with one attached hydrogen (secondary N) is 2. The summed E-state index contributed by atoms with van der Waals surface area (Å²) in [6.45, 7) is 4.43. The minimum absolute atomic E-state index is 0.103. The first-order valence-electron chi connectivity index (χ1n) is 11.3. The molecule has 2 aromatic rings. The van der Waals surface area contributed by atoms with Crippen molar-refractivity contribution in [2.24, 2.45) is 5.92 Å². The second-order valence-electron chi connectivity index (χ2n) is 8.68. The molecule has 3 N–H and O–H groups in total. The number of halogens is 2. The SMILES string of the molecule is CC(C)C(=O)OC[C@H](C)N[P@](=O)(OC[C@H]1O[C@@H](n2ccc(=O)[nH]c2=O)[C@](Cl)(Br)[C@@H]1O)Oc1ccccc1. The Bertz CT molecular complexity index is 1240. The summed E-state index contributed by atoms with van der Waals surface area (Å²) in [5.74, 6) is -0.516. The first-order chi connectivity index (χ1) is 17.3. The monoisotopic (exact) mass is 623 g/mol. The van der Waals surface area contributed by atoms with Crippen molar-refractivity contribution < 1.29 is 33.0 Å². The maximum Gasteiger partial charge on any atom is 0.459 e. The molecule has 3 rings (SSSR count). The fourth-order valence-corrected chi connectivity index (χ4v) is 5.74. The van der Waals surface area contributed by atoms with E-state index >= 15 is 0 Å². The Labute approximate surface area is 225 Å².